The lowest BCUT2D eigenvalue weighted by Gasteiger charge is -2.10. The van der Waals surface area contributed by atoms with Crippen molar-refractivity contribution < 1.29 is 14.6 Å². The quantitative estimate of drug-likeness (QED) is 0.709. The molecule has 3 rings (SSSR count). The summed E-state index contributed by atoms with van der Waals surface area (Å²) in [7, 11) is 0. The molecule has 0 aliphatic rings. The van der Waals surface area contributed by atoms with Gasteiger partial charge in [0.15, 0.2) is 6.61 Å². The molecule has 3 aromatic rings. The van der Waals surface area contributed by atoms with Crippen molar-refractivity contribution in [3.8, 4) is 22.8 Å². The van der Waals surface area contributed by atoms with Crippen LogP contribution in [0.4, 0.5) is 0 Å². The molecule has 110 valence electrons. The predicted molar refractivity (Wildman–Crippen MR) is 82.0 cm³/mol. The van der Waals surface area contributed by atoms with Crippen LogP contribution in [-0.4, -0.2) is 27.5 Å². The predicted octanol–water partition coefficient (Wildman–Crippen LogP) is 3.04. The van der Waals surface area contributed by atoms with Crippen molar-refractivity contribution >= 4 is 5.78 Å². The highest BCUT2D eigenvalue weighted by atomic mass is 16.5. The molecule has 0 atom stereocenters. The summed E-state index contributed by atoms with van der Waals surface area (Å²) in [6.45, 7) is -0.150. The topological polar surface area (TPSA) is 75.2 Å². The standard InChI is InChI=1S/C17H14N2O3/c20-15-7-3-1-6-13(15)16(21)10-22-17-8-4-2-5-12(17)14-9-18-11-19-14/h1-9,11,20H,10H2,(H,18,19). The maximum Gasteiger partial charge on any atom is 0.203 e. The van der Waals surface area contributed by atoms with Gasteiger partial charge in [0, 0.05) is 5.56 Å². The number of benzene rings is 2. The van der Waals surface area contributed by atoms with Crippen LogP contribution in [0.2, 0.25) is 0 Å². The molecular formula is C17H14N2O3. The molecule has 0 amide bonds. The van der Waals surface area contributed by atoms with E-state index in [-0.39, 0.29) is 23.7 Å². The summed E-state index contributed by atoms with van der Waals surface area (Å²) in [5, 5.41) is 9.69. The number of aromatic hydroxyl groups is 1. The van der Waals surface area contributed by atoms with E-state index >= 15 is 0 Å². The summed E-state index contributed by atoms with van der Waals surface area (Å²) in [5.74, 6) is 0.256. The number of H-pyrrole nitrogens is 1. The zero-order valence-electron chi connectivity index (χ0n) is 11.7. The number of hydrogen-bond donors (Lipinski definition) is 2. The Labute approximate surface area is 127 Å². The Kier molecular flexibility index (Phi) is 3.87. The molecule has 0 bridgehead atoms. The van der Waals surface area contributed by atoms with Crippen LogP contribution < -0.4 is 4.74 Å². The van der Waals surface area contributed by atoms with Crippen molar-refractivity contribution in [2.24, 2.45) is 0 Å². The number of aromatic nitrogens is 2. The summed E-state index contributed by atoms with van der Waals surface area (Å²) in [4.78, 5) is 19.1. The van der Waals surface area contributed by atoms with E-state index in [1.807, 2.05) is 18.2 Å². The summed E-state index contributed by atoms with van der Waals surface area (Å²) in [6.07, 6.45) is 3.27. The van der Waals surface area contributed by atoms with Crippen molar-refractivity contribution in [2.75, 3.05) is 6.61 Å². The minimum Gasteiger partial charge on any atom is -0.507 e. The normalized spacial score (nSPS) is 10.4. The number of phenolic OH excluding ortho intramolecular Hbond substituents is 1. The third-order valence-electron chi connectivity index (χ3n) is 3.24. The molecule has 0 fully saturated rings. The van der Waals surface area contributed by atoms with Crippen LogP contribution in [-0.2, 0) is 0 Å². The van der Waals surface area contributed by atoms with Gasteiger partial charge in [-0.05, 0) is 24.3 Å². The lowest BCUT2D eigenvalue weighted by atomic mass is 10.1. The van der Waals surface area contributed by atoms with Gasteiger partial charge in [0.05, 0.1) is 23.8 Å². The fourth-order valence-electron chi connectivity index (χ4n) is 2.15. The van der Waals surface area contributed by atoms with Crippen LogP contribution in [0.15, 0.2) is 61.1 Å². The third kappa shape index (κ3) is 2.83. The number of carbonyl (C=O) groups is 1. The maximum atomic E-state index is 12.1. The van der Waals surface area contributed by atoms with Crippen molar-refractivity contribution in [3.05, 3.63) is 66.6 Å². The van der Waals surface area contributed by atoms with Gasteiger partial charge in [-0.3, -0.25) is 4.79 Å². The van der Waals surface area contributed by atoms with Gasteiger partial charge in [-0.25, -0.2) is 4.98 Å². The van der Waals surface area contributed by atoms with E-state index < -0.39 is 0 Å². The Morgan fingerprint density at radius 3 is 2.68 bits per heavy atom. The number of para-hydroxylation sites is 2. The highest BCUT2D eigenvalue weighted by molar-refractivity contribution is 5.99. The van der Waals surface area contributed by atoms with E-state index in [2.05, 4.69) is 9.97 Å². The van der Waals surface area contributed by atoms with Crippen LogP contribution >= 0.6 is 0 Å². The number of carbonyl (C=O) groups excluding carboxylic acids is 1. The molecular weight excluding hydrogens is 280 g/mol. The number of Topliss-reactive ketones (excluding diaryl/α,β-unsaturated/α-hetero) is 1. The van der Waals surface area contributed by atoms with Gasteiger partial charge < -0.3 is 14.8 Å². The number of imidazole rings is 1. The van der Waals surface area contributed by atoms with Crippen LogP contribution in [0.1, 0.15) is 10.4 Å². The van der Waals surface area contributed by atoms with E-state index in [1.165, 1.54) is 6.07 Å². The van der Waals surface area contributed by atoms with E-state index in [9.17, 15) is 9.90 Å². The largest absolute Gasteiger partial charge is 0.507 e. The summed E-state index contributed by atoms with van der Waals surface area (Å²) >= 11 is 0. The molecule has 5 nitrogen and oxygen atoms in total. The average molecular weight is 294 g/mol. The number of nitrogens with one attached hydrogen (secondary N) is 1. The second kappa shape index (κ2) is 6.13. The van der Waals surface area contributed by atoms with Gasteiger partial charge in [0.1, 0.15) is 11.5 Å². The van der Waals surface area contributed by atoms with Gasteiger partial charge in [0.25, 0.3) is 0 Å². The second-order valence-electron chi connectivity index (χ2n) is 4.69. The highest BCUT2D eigenvalue weighted by Crippen LogP contribution is 2.28. The fraction of sp³-hybridized carbons (Fsp3) is 0.0588. The molecule has 22 heavy (non-hydrogen) atoms. The Morgan fingerprint density at radius 1 is 1.14 bits per heavy atom. The minimum absolute atomic E-state index is 0.0436. The SMILES string of the molecule is O=C(COc1ccccc1-c1cnc[nH]1)c1ccccc1O. The summed E-state index contributed by atoms with van der Waals surface area (Å²) < 4.78 is 5.62. The number of hydrogen-bond acceptors (Lipinski definition) is 4. The molecule has 2 N–H and O–H groups in total. The number of rotatable bonds is 5. The molecule has 0 saturated heterocycles. The number of ketones is 1. The Bertz CT molecular complexity index is 782. The number of nitrogens with zero attached hydrogens (tertiary/aromatic N) is 1. The van der Waals surface area contributed by atoms with Gasteiger partial charge in [-0.1, -0.05) is 24.3 Å². The zero-order valence-corrected chi connectivity index (χ0v) is 11.7. The first-order valence-electron chi connectivity index (χ1n) is 6.77. The van der Waals surface area contributed by atoms with Crippen LogP contribution in [0.25, 0.3) is 11.3 Å². The van der Waals surface area contributed by atoms with E-state index in [1.54, 1.807) is 36.8 Å². The first kappa shape index (κ1) is 13.9. The Balaban J connectivity index is 1.78. The molecule has 5 heteroatoms. The van der Waals surface area contributed by atoms with Gasteiger partial charge in [-0.2, -0.15) is 0 Å². The molecule has 0 aliphatic heterocycles. The van der Waals surface area contributed by atoms with Crippen molar-refractivity contribution in [1.82, 2.24) is 9.97 Å². The number of ether oxygens (including phenoxy) is 1. The molecule has 0 aliphatic carbocycles. The molecule has 2 aromatic carbocycles. The lowest BCUT2D eigenvalue weighted by molar-refractivity contribution is 0.0919. The molecule has 1 aromatic heterocycles. The van der Waals surface area contributed by atoms with Crippen molar-refractivity contribution in [1.29, 1.82) is 0 Å². The number of aromatic amines is 1. The van der Waals surface area contributed by atoms with Crippen LogP contribution in [0, 0.1) is 0 Å². The highest BCUT2D eigenvalue weighted by Gasteiger charge is 2.13. The fourth-order valence-corrected chi connectivity index (χ4v) is 2.15. The van der Waals surface area contributed by atoms with Gasteiger partial charge in [0.2, 0.25) is 5.78 Å². The lowest BCUT2D eigenvalue weighted by Crippen LogP contribution is -2.12. The first-order valence-corrected chi connectivity index (χ1v) is 6.77. The molecule has 0 spiro atoms. The average Bonchev–Trinajstić information content (AvgIpc) is 3.07. The van der Waals surface area contributed by atoms with E-state index in [4.69, 9.17) is 4.74 Å². The Hall–Kier alpha value is -3.08. The van der Waals surface area contributed by atoms with Gasteiger partial charge >= 0.3 is 0 Å². The van der Waals surface area contributed by atoms with E-state index in [0.717, 1.165) is 11.3 Å². The van der Waals surface area contributed by atoms with Crippen molar-refractivity contribution in [2.45, 2.75) is 0 Å². The third-order valence-corrected chi connectivity index (χ3v) is 3.24. The smallest absolute Gasteiger partial charge is 0.203 e. The van der Waals surface area contributed by atoms with Crippen molar-refractivity contribution in [3.63, 3.8) is 0 Å². The monoisotopic (exact) mass is 294 g/mol. The van der Waals surface area contributed by atoms with E-state index in [0.29, 0.717) is 5.75 Å². The molecule has 0 radical (unpaired) electrons. The van der Waals surface area contributed by atoms with Gasteiger partial charge in [-0.15, -0.1) is 0 Å². The minimum atomic E-state index is -0.280. The second-order valence-corrected chi connectivity index (χ2v) is 4.69. The van der Waals surface area contributed by atoms with Crippen LogP contribution in [0.3, 0.4) is 0 Å². The zero-order chi connectivity index (χ0) is 15.4. The molecule has 0 saturated carbocycles. The molecule has 1 heterocycles. The Morgan fingerprint density at radius 2 is 1.91 bits per heavy atom. The van der Waals surface area contributed by atoms with Crippen LogP contribution in [0.5, 0.6) is 11.5 Å². The maximum absolute atomic E-state index is 12.1. The molecule has 0 unspecified atom stereocenters. The number of phenols is 1. The summed E-state index contributed by atoms with van der Waals surface area (Å²) in [6, 6.07) is 13.8. The first-order chi connectivity index (χ1) is 10.8. The summed E-state index contributed by atoms with van der Waals surface area (Å²) in [5.41, 5.74) is 1.89.